The van der Waals surface area contributed by atoms with E-state index in [1.165, 1.54) is 12.1 Å². The Balaban J connectivity index is 1.57. The van der Waals surface area contributed by atoms with Crippen molar-refractivity contribution in [1.82, 2.24) is 5.32 Å². The van der Waals surface area contributed by atoms with Crippen molar-refractivity contribution in [3.05, 3.63) is 29.0 Å². The van der Waals surface area contributed by atoms with E-state index in [-0.39, 0.29) is 23.3 Å². The van der Waals surface area contributed by atoms with Crippen molar-refractivity contribution in [2.24, 2.45) is 5.92 Å². The number of amides is 1. The Morgan fingerprint density at radius 1 is 1.45 bits per heavy atom. The van der Waals surface area contributed by atoms with E-state index in [4.69, 9.17) is 16.3 Å². The van der Waals surface area contributed by atoms with E-state index in [1.807, 2.05) is 0 Å². The fourth-order valence-corrected chi connectivity index (χ4v) is 3.66. The van der Waals surface area contributed by atoms with E-state index < -0.39 is 17.5 Å². The molecule has 2 bridgehead atoms. The molecule has 0 unspecified atom stereocenters. The number of nitrogens with one attached hydrogen (secondary N) is 1. The molecule has 6 heteroatoms. The first-order valence-electron chi connectivity index (χ1n) is 7.55. The van der Waals surface area contributed by atoms with Gasteiger partial charge in [0.2, 0.25) is 0 Å². The first-order valence-corrected chi connectivity index (χ1v) is 7.93. The Hall–Kier alpha value is -1.33. The van der Waals surface area contributed by atoms with Gasteiger partial charge in [0.25, 0.3) is 5.91 Å². The summed E-state index contributed by atoms with van der Waals surface area (Å²) < 4.78 is 18.6. The molecule has 3 aliphatic rings. The van der Waals surface area contributed by atoms with Crippen molar-refractivity contribution in [1.29, 1.82) is 0 Å². The summed E-state index contributed by atoms with van der Waals surface area (Å²) >= 11 is 5.59. The number of hydrogen-bond donors (Lipinski definition) is 2. The van der Waals surface area contributed by atoms with Crippen LogP contribution in [0.2, 0.25) is 5.02 Å². The van der Waals surface area contributed by atoms with E-state index in [2.05, 4.69) is 5.32 Å². The zero-order valence-corrected chi connectivity index (χ0v) is 12.9. The van der Waals surface area contributed by atoms with Gasteiger partial charge in [-0.25, -0.2) is 4.39 Å². The van der Waals surface area contributed by atoms with Crippen molar-refractivity contribution in [2.75, 3.05) is 6.61 Å². The zero-order valence-electron chi connectivity index (χ0n) is 12.1. The fourth-order valence-electron chi connectivity index (χ4n) is 3.54. The Labute approximate surface area is 133 Å². The maximum Gasteiger partial charge on any atom is 0.258 e. The van der Waals surface area contributed by atoms with Gasteiger partial charge >= 0.3 is 0 Å². The first kappa shape index (κ1) is 15.6. The van der Waals surface area contributed by atoms with Crippen LogP contribution < -0.4 is 10.1 Å². The third-order valence-corrected chi connectivity index (χ3v) is 5.15. The van der Waals surface area contributed by atoms with Crippen LogP contribution in [0.4, 0.5) is 4.39 Å². The molecule has 0 radical (unpaired) electrons. The zero-order chi connectivity index (χ0) is 15.7. The molecule has 22 heavy (non-hydrogen) atoms. The van der Waals surface area contributed by atoms with Crippen molar-refractivity contribution < 1.29 is 19.0 Å². The van der Waals surface area contributed by atoms with E-state index in [0.29, 0.717) is 5.92 Å². The number of benzene rings is 1. The summed E-state index contributed by atoms with van der Waals surface area (Å²) in [4.78, 5) is 12.1. The summed E-state index contributed by atoms with van der Waals surface area (Å²) in [5.41, 5.74) is -0.513. The van der Waals surface area contributed by atoms with Crippen LogP contribution >= 0.6 is 11.6 Å². The summed E-state index contributed by atoms with van der Waals surface area (Å²) in [6, 6.07) is 4.04. The minimum Gasteiger partial charge on any atom is -0.484 e. The largest absolute Gasteiger partial charge is 0.484 e. The van der Waals surface area contributed by atoms with Crippen LogP contribution in [0.1, 0.15) is 32.1 Å². The van der Waals surface area contributed by atoms with Gasteiger partial charge < -0.3 is 15.2 Å². The molecule has 4 nitrogen and oxygen atoms in total. The van der Waals surface area contributed by atoms with E-state index in [9.17, 15) is 14.3 Å². The van der Waals surface area contributed by atoms with Crippen LogP contribution in [0.5, 0.6) is 5.75 Å². The Morgan fingerprint density at radius 2 is 2.18 bits per heavy atom. The third-order valence-electron chi connectivity index (χ3n) is 4.84. The van der Waals surface area contributed by atoms with Gasteiger partial charge in [-0.3, -0.25) is 4.79 Å². The molecule has 1 aromatic rings. The molecule has 1 amide bonds. The van der Waals surface area contributed by atoms with Gasteiger partial charge in [0.1, 0.15) is 11.6 Å². The molecular weight excluding hydrogens is 309 g/mol. The highest BCUT2D eigenvalue weighted by atomic mass is 35.5. The van der Waals surface area contributed by atoms with Crippen LogP contribution in [-0.2, 0) is 4.79 Å². The molecule has 0 saturated heterocycles. The lowest BCUT2D eigenvalue weighted by molar-refractivity contribution is -0.130. The molecule has 1 atom stereocenters. The summed E-state index contributed by atoms with van der Waals surface area (Å²) in [7, 11) is 0. The van der Waals surface area contributed by atoms with Crippen molar-refractivity contribution in [3.8, 4) is 5.75 Å². The lowest BCUT2D eigenvalue weighted by Crippen LogP contribution is -2.62. The van der Waals surface area contributed by atoms with Crippen molar-refractivity contribution in [3.63, 3.8) is 0 Å². The van der Waals surface area contributed by atoms with E-state index >= 15 is 0 Å². The molecule has 1 aromatic carbocycles. The van der Waals surface area contributed by atoms with Crippen LogP contribution in [0.25, 0.3) is 0 Å². The highest BCUT2D eigenvalue weighted by Gasteiger charge is 2.47. The molecule has 0 spiro atoms. The molecule has 120 valence electrons. The van der Waals surface area contributed by atoms with Gasteiger partial charge in [-0.15, -0.1) is 0 Å². The Bertz CT molecular complexity index is 573. The van der Waals surface area contributed by atoms with Crippen molar-refractivity contribution >= 4 is 17.5 Å². The second kappa shape index (κ2) is 6.05. The topological polar surface area (TPSA) is 58.6 Å². The second-order valence-electron chi connectivity index (χ2n) is 6.26. The third kappa shape index (κ3) is 3.06. The lowest BCUT2D eigenvalue weighted by Gasteiger charge is -2.50. The van der Waals surface area contributed by atoms with Crippen LogP contribution in [0, 0.1) is 11.7 Å². The summed E-state index contributed by atoms with van der Waals surface area (Å²) in [6.45, 7) is -0.209. The average molecular weight is 328 g/mol. The minimum atomic E-state index is -0.584. The molecule has 2 N–H and O–H groups in total. The van der Waals surface area contributed by atoms with Crippen LogP contribution in [0.15, 0.2) is 18.2 Å². The number of fused-ring (bicyclic) bond motifs is 3. The van der Waals surface area contributed by atoms with Crippen LogP contribution in [-0.4, -0.2) is 29.3 Å². The summed E-state index contributed by atoms with van der Waals surface area (Å²) in [5.74, 6) is -0.0431. The first-order chi connectivity index (χ1) is 10.5. The smallest absolute Gasteiger partial charge is 0.258 e. The number of carbonyl (C=O) groups is 1. The molecule has 0 heterocycles. The van der Waals surface area contributed by atoms with Gasteiger partial charge in [-0.05, 0) is 50.2 Å². The number of ether oxygens (including phenoxy) is 1. The molecule has 4 rings (SSSR count). The normalized spacial score (nSPS) is 30.1. The number of carbonyl (C=O) groups excluding carboxylic acids is 1. The highest BCUT2D eigenvalue weighted by Crippen LogP contribution is 2.44. The quantitative estimate of drug-likeness (QED) is 0.894. The Morgan fingerprint density at radius 3 is 2.82 bits per heavy atom. The molecule has 3 aliphatic carbocycles. The molecule has 0 aliphatic heterocycles. The number of rotatable bonds is 4. The maximum atomic E-state index is 13.3. The standard InChI is InChI=1S/C16H19ClFNO3/c17-12-2-1-11(8-13(12)18)22-9-15(21)19-16-5-3-10(4-6-16)7-14(16)20/h1-2,8,10,14,20H,3-7,9H2,(H,19,21)/t10?,14-,16?/m0/s1. The molecule has 3 saturated carbocycles. The number of aliphatic hydroxyl groups is 1. The monoisotopic (exact) mass is 327 g/mol. The summed E-state index contributed by atoms with van der Waals surface area (Å²) in [6.07, 6.45) is 3.96. The number of aliphatic hydroxyl groups excluding tert-OH is 1. The molecule has 3 fully saturated rings. The van der Waals surface area contributed by atoms with E-state index in [1.54, 1.807) is 0 Å². The second-order valence-corrected chi connectivity index (χ2v) is 6.67. The highest BCUT2D eigenvalue weighted by molar-refractivity contribution is 6.30. The minimum absolute atomic E-state index is 0.0118. The lowest BCUT2D eigenvalue weighted by atomic mass is 9.64. The average Bonchev–Trinajstić information content (AvgIpc) is 2.50. The van der Waals surface area contributed by atoms with Gasteiger partial charge in [0.15, 0.2) is 6.61 Å². The maximum absolute atomic E-state index is 13.3. The number of hydrogen-bond acceptors (Lipinski definition) is 3. The summed E-state index contributed by atoms with van der Waals surface area (Å²) in [5, 5.41) is 13.2. The Kier molecular flexibility index (Phi) is 4.28. The predicted molar refractivity (Wildman–Crippen MR) is 80.4 cm³/mol. The SMILES string of the molecule is O=C(COc1ccc(Cl)c(F)c1)NC12CCC(CC1)C[C@@H]2O. The molecule has 0 aromatic heterocycles. The molecular formula is C16H19ClFNO3. The fraction of sp³-hybridized carbons (Fsp3) is 0.562. The van der Waals surface area contributed by atoms with Crippen molar-refractivity contribution in [2.45, 2.75) is 43.7 Å². The number of halogens is 2. The van der Waals surface area contributed by atoms with Gasteiger partial charge in [0.05, 0.1) is 16.7 Å². The van der Waals surface area contributed by atoms with Gasteiger partial charge in [-0.1, -0.05) is 11.6 Å². The van der Waals surface area contributed by atoms with Crippen LogP contribution in [0.3, 0.4) is 0 Å². The predicted octanol–water partition coefficient (Wildman–Crippen LogP) is 2.67. The van der Waals surface area contributed by atoms with Gasteiger partial charge in [0, 0.05) is 6.07 Å². The van der Waals surface area contributed by atoms with Gasteiger partial charge in [-0.2, -0.15) is 0 Å². The van der Waals surface area contributed by atoms with E-state index in [0.717, 1.165) is 38.2 Å².